The molecule has 2 aliphatic rings. The Kier molecular flexibility index (Phi) is 3.12. The Morgan fingerprint density at radius 2 is 2.33 bits per heavy atom. The van der Waals surface area contributed by atoms with Crippen LogP contribution in [0.5, 0.6) is 5.75 Å². The predicted octanol–water partition coefficient (Wildman–Crippen LogP) is -0.167. The molecule has 18 heavy (non-hydrogen) atoms. The van der Waals surface area contributed by atoms with Crippen molar-refractivity contribution >= 4 is 12.6 Å². The van der Waals surface area contributed by atoms with Crippen LogP contribution in [0.25, 0.3) is 0 Å². The third-order valence-electron chi connectivity index (χ3n) is 3.42. The molecule has 4 nitrogen and oxygen atoms in total. The summed E-state index contributed by atoms with van der Waals surface area (Å²) in [5, 5.41) is 0. The largest absolute Gasteiger partial charge is 0.498 e. The lowest BCUT2D eigenvalue weighted by Crippen LogP contribution is -2.53. The van der Waals surface area contributed by atoms with Gasteiger partial charge in [-0.15, -0.1) is 6.58 Å². The molecule has 1 aromatic carbocycles. The van der Waals surface area contributed by atoms with E-state index < -0.39 is 0 Å². The average Bonchev–Trinajstić information content (AvgIpc) is 2.64. The monoisotopic (exact) mass is 246 g/mol. The van der Waals surface area contributed by atoms with Crippen molar-refractivity contribution < 1.29 is 19.8 Å². The van der Waals surface area contributed by atoms with Gasteiger partial charge in [0.2, 0.25) is 0 Å². The topological polar surface area (TPSA) is 55.3 Å². The molecule has 0 aromatic heterocycles. The van der Waals surface area contributed by atoms with Gasteiger partial charge in [-0.3, -0.25) is 0 Å². The molecule has 0 saturated carbocycles. The summed E-state index contributed by atoms with van der Waals surface area (Å²) < 4.78 is 17.3. The van der Waals surface area contributed by atoms with Crippen molar-refractivity contribution in [1.29, 1.82) is 0 Å². The summed E-state index contributed by atoms with van der Waals surface area (Å²) in [5.74, 6) is 0.885. The van der Waals surface area contributed by atoms with Crippen LogP contribution in [0.2, 0.25) is 0 Å². The van der Waals surface area contributed by atoms with Crippen LogP contribution in [0.4, 0.5) is 0 Å². The Morgan fingerprint density at radius 3 is 3.11 bits per heavy atom. The van der Waals surface area contributed by atoms with Gasteiger partial charge in [0.15, 0.2) is 0 Å². The smallest absolute Gasteiger partial charge is 0.492 e. The van der Waals surface area contributed by atoms with Gasteiger partial charge in [0.05, 0.1) is 6.61 Å². The molecule has 2 aliphatic heterocycles. The molecule has 3 rings (SSSR count). The first-order valence-corrected chi connectivity index (χ1v) is 6.30. The summed E-state index contributed by atoms with van der Waals surface area (Å²) in [6, 6.07) is 4.10. The Labute approximate surface area is 107 Å². The van der Waals surface area contributed by atoms with Crippen LogP contribution in [-0.4, -0.2) is 26.9 Å². The van der Waals surface area contributed by atoms with Gasteiger partial charge in [-0.05, 0) is 23.6 Å². The highest BCUT2D eigenvalue weighted by Crippen LogP contribution is 2.32. The fourth-order valence-corrected chi connectivity index (χ4v) is 2.67. The minimum atomic E-state index is -0.297. The van der Waals surface area contributed by atoms with Gasteiger partial charge >= 0.3 is 7.12 Å². The lowest BCUT2D eigenvalue weighted by Gasteiger charge is -2.14. The lowest BCUT2D eigenvalue weighted by atomic mass is 9.76. The highest BCUT2D eigenvalue weighted by molar-refractivity contribution is 6.64. The summed E-state index contributed by atoms with van der Waals surface area (Å²) in [7, 11) is -0.297. The number of allylic oxidation sites excluding steroid dienone is 1. The summed E-state index contributed by atoms with van der Waals surface area (Å²) in [6.45, 7) is 5.63. The number of rotatable bonds is 3. The van der Waals surface area contributed by atoms with Crippen LogP contribution in [0.15, 0.2) is 24.8 Å². The van der Waals surface area contributed by atoms with E-state index in [2.05, 4.69) is 18.4 Å². The SMILES string of the molecule is C=CCc1ccc2c3c1[C@@H](C[NH3+])OB3OCCO2. The molecular weight excluding hydrogens is 229 g/mol. The Morgan fingerprint density at radius 1 is 1.44 bits per heavy atom. The summed E-state index contributed by atoms with van der Waals surface area (Å²) in [6.07, 6.45) is 2.74. The molecule has 0 saturated heterocycles. The van der Waals surface area contributed by atoms with Crippen LogP contribution in [0.3, 0.4) is 0 Å². The number of hydrogen-bond donors (Lipinski definition) is 1. The van der Waals surface area contributed by atoms with Crippen molar-refractivity contribution in [2.75, 3.05) is 19.8 Å². The van der Waals surface area contributed by atoms with Gasteiger partial charge in [0.25, 0.3) is 0 Å². The van der Waals surface area contributed by atoms with Gasteiger partial charge in [-0.2, -0.15) is 0 Å². The molecule has 5 heteroatoms. The third-order valence-corrected chi connectivity index (χ3v) is 3.42. The van der Waals surface area contributed by atoms with Gasteiger partial charge in [-0.1, -0.05) is 12.1 Å². The van der Waals surface area contributed by atoms with Crippen molar-refractivity contribution in [3.8, 4) is 5.75 Å². The fourth-order valence-electron chi connectivity index (χ4n) is 2.67. The van der Waals surface area contributed by atoms with Gasteiger partial charge in [0.1, 0.15) is 25.0 Å². The molecule has 0 radical (unpaired) electrons. The highest BCUT2D eigenvalue weighted by atomic mass is 16.6. The van der Waals surface area contributed by atoms with Gasteiger partial charge in [0, 0.05) is 5.46 Å². The summed E-state index contributed by atoms with van der Waals surface area (Å²) >= 11 is 0. The van der Waals surface area contributed by atoms with E-state index in [0.717, 1.165) is 17.6 Å². The normalized spacial score (nSPS) is 21.2. The fraction of sp³-hybridized carbons (Fsp3) is 0.385. The Bertz CT molecular complexity index is 478. The van der Waals surface area contributed by atoms with Crippen LogP contribution in [0.1, 0.15) is 17.2 Å². The van der Waals surface area contributed by atoms with Gasteiger partial charge < -0.3 is 19.8 Å². The predicted molar refractivity (Wildman–Crippen MR) is 68.8 cm³/mol. The van der Waals surface area contributed by atoms with Gasteiger partial charge in [-0.25, -0.2) is 0 Å². The minimum Gasteiger partial charge on any atom is -0.492 e. The Hall–Kier alpha value is -1.30. The molecule has 0 fully saturated rings. The molecule has 2 heterocycles. The quantitative estimate of drug-likeness (QED) is 0.595. The number of quaternary nitrogens is 1. The lowest BCUT2D eigenvalue weighted by molar-refractivity contribution is -0.383. The van der Waals surface area contributed by atoms with E-state index in [4.69, 9.17) is 14.0 Å². The van der Waals surface area contributed by atoms with E-state index in [1.54, 1.807) is 0 Å². The zero-order chi connectivity index (χ0) is 12.5. The van der Waals surface area contributed by atoms with E-state index in [0.29, 0.717) is 19.8 Å². The van der Waals surface area contributed by atoms with Crippen LogP contribution in [-0.2, 0) is 15.7 Å². The van der Waals surface area contributed by atoms with Crippen LogP contribution in [0, 0.1) is 0 Å². The van der Waals surface area contributed by atoms with Crippen molar-refractivity contribution in [3.05, 3.63) is 35.9 Å². The molecule has 0 unspecified atom stereocenters. The van der Waals surface area contributed by atoms with Crippen molar-refractivity contribution in [3.63, 3.8) is 0 Å². The summed E-state index contributed by atoms with van der Waals surface area (Å²) in [5.41, 5.74) is 7.44. The van der Waals surface area contributed by atoms with E-state index in [-0.39, 0.29) is 13.2 Å². The molecule has 0 aliphatic carbocycles. The molecule has 3 N–H and O–H groups in total. The number of hydrogen-bond acceptors (Lipinski definition) is 3. The highest BCUT2D eigenvalue weighted by Gasteiger charge is 2.42. The maximum Gasteiger partial charge on any atom is 0.498 e. The number of benzene rings is 1. The Balaban J connectivity index is 2.14. The van der Waals surface area contributed by atoms with E-state index >= 15 is 0 Å². The van der Waals surface area contributed by atoms with E-state index in [1.165, 1.54) is 11.1 Å². The average molecular weight is 246 g/mol. The van der Waals surface area contributed by atoms with E-state index in [9.17, 15) is 0 Å². The van der Waals surface area contributed by atoms with Crippen molar-refractivity contribution in [1.82, 2.24) is 0 Å². The molecule has 94 valence electrons. The summed E-state index contributed by atoms with van der Waals surface area (Å²) in [4.78, 5) is 0. The third kappa shape index (κ3) is 1.75. The standard InChI is InChI=1S/C13H16BNO3/c1-2-3-9-4-5-10-13-12(9)11(8-15)18-14(13)17-7-6-16-10/h2,4-5,11H,1,3,6-8,15H2/p+1/t11-/m1/s1. The first kappa shape index (κ1) is 11.8. The minimum absolute atomic E-state index is 0.00148. The zero-order valence-electron chi connectivity index (χ0n) is 10.4. The zero-order valence-corrected chi connectivity index (χ0v) is 10.4. The number of ether oxygens (including phenoxy) is 1. The van der Waals surface area contributed by atoms with Crippen LogP contribution >= 0.6 is 0 Å². The molecular formula is C13H17BNO3+. The van der Waals surface area contributed by atoms with Crippen LogP contribution < -0.4 is 15.9 Å². The molecule has 1 atom stereocenters. The van der Waals surface area contributed by atoms with Crippen molar-refractivity contribution in [2.24, 2.45) is 0 Å². The second kappa shape index (κ2) is 4.76. The maximum atomic E-state index is 5.93. The second-order valence-electron chi connectivity index (χ2n) is 4.51. The maximum absolute atomic E-state index is 5.93. The molecule has 0 spiro atoms. The van der Waals surface area contributed by atoms with Crippen molar-refractivity contribution in [2.45, 2.75) is 12.5 Å². The molecule has 0 bridgehead atoms. The second-order valence-corrected chi connectivity index (χ2v) is 4.51. The molecule has 0 amide bonds. The molecule has 1 aromatic rings. The first-order valence-electron chi connectivity index (χ1n) is 6.30. The first-order chi connectivity index (χ1) is 8.85. The van der Waals surface area contributed by atoms with E-state index in [1.807, 2.05) is 12.1 Å².